The molecule has 0 radical (unpaired) electrons. The average molecular weight is 441 g/mol. The van der Waals surface area contributed by atoms with E-state index >= 15 is 0 Å². The van der Waals surface area contributed by atoms with Gasteiger partial charge in [-0.15, -0.1) is 0 Å². The van der Waals surface area contributed by atoms with Crippen LogP contribution >= 0.6 is 0 Å². The van der Waals surface area contributed by atoms with Crippen molar-refractivity contribution in [2.75, 3.05) is 0 Å². The Morgan fingerprint density at radius 3 is 1.18 bits per heavy atom. The molecule has 0 saturated heterocycles. The van der Waals surface area contributed by atoms with E-state index in [1.54, 1.807) is 22.3 Å². The van der Waals surface area contributed by atoms with E-state index in [0.717, 1.165) is 0 Å². The van der Waals surface area contributed by atoms with Crippen molar-refractivity contribution in [1.82, 2.24) is 0 Å². The summed E-state index contributed by atoms with van der Waals surface area (Å²) in [5, 5.41) is 0. The van der Waals surface area contributed by atoms with E-state index in [9.17, 15) is 0 Å². The summed E-state index contributed by atoms with van der Waals surface area (Å²) >= 11 is 0. The molecule has 2 unspecified atom stereocenters. The van der Waals surface area contributed by atoms with Crippen molar-refractivity contribution in [3.8, 4) is 0 Å². The summed E-state index contributed by atoms with van der Waals surface area (Å²) in [6, 6.07) is 9.59. The minimum atomic E-state index is 0.576. The van der Waals surface area contributed by atoms with E-state index < -0.39 is 0 Å². The standard InChI is InChI=1S/C33H44/c1-20(2)26-16-18-28(22(5)6)32-24(12-14-30(26)32)10-9-11-25-13-15-31-27(21(3)4)17-19-29(23(7)8)33(25)31/h12-25H,9-11H2,1-8H3. The molecule has 4 rings (SSSR count). The highest BCUT2D eigenvalue weighted by Crippen LogP contribution is 2.45. The SMILES string of the molecule is CC(C)c1ccc(C(C)C)c2c1C=CC2CCCC1C=Cc2c(C(C)C)ccc(C(C)C)c21. The van der Waals surface area contributed by atoms with Gasteiger partial charge in [0.05, 0.1) is 0 Å². The topological polar surface area (TPSA) is 0 Å². The third kappa shape index (κ3) is 4.51. The van der Waals surface area contributed by atoms with Crippen LogP contribution < -0.4 is 0 Å². The van der Waals surface area contributed by atoms with Gasteiger partial charge in [-0.1, -0.05) is 110 Å². The van der Waals surface area contributed by atoms with Crippen LogP contribution in [0.15, 0.2) is 36.4 Å². The Kier molecular flexibility index (Phi) is 7.04. The third-order valence-electron chi connectivity index (χ3n) is 7.96. The molecule has 0 heteroatoms. The van der Waals surface area contributed by atoms with Crippen LogP contribution in [0.1, 0.15) is 155 Å². The van der Waals surface area contributed by atoms with Crippen LogP contribution in [0.4, 0.5) is 0 Å². The van der Waals surface area contributed by atoms with Crippen LogP contribution in [-0.4, -0.2) is 0 Å². The maximum Gasteiger partial charge on any atom is 0.00301 e. The molecule has 2 aliphatic rings. The monoisotopic (exact) mass is 440 g/mol. The predicted molar refractivity (Wildman–Crippen MR) is 147 cm³/mol. The van der Waals surface area contributed by atoms with Crippen molar-refractivity contribution >= 4 is 12.2 Å². The summed E-state index contributed by atoms with van der Waals surface area (Å²) in [6.07, 6.45) is 13.6. The van der Waals surface area contributed by atoms with Gasteiger partial charge in [-0.05, 0) is 81.0 Å². The highest BCUT2D eigenvalue weighted by Gasteiger charge is 2.27. The molecular weight excluding hydrogens is 396 g/mol. The predicted octanol–water partition coefficient (Wildman–Crippen LogP) is 10.3. The minimum absolute atomic E-state index is 0.576. The van der Waals surface area contributed by atoms with Crippen molar-refractivity contribution in [3.05, 3.63) is 80.9 Å². The first-order valence-corrected chi connectivity index (χ1v) is 13.4. The largest absolute Gasteiger partial charge is 0.0764 e. The van der Waals surface area contributed by atoms with Crippen LogP contribution in [0.3, 0.4) is 0 Å². The fourth-order valence-corrected chi connectivity index (χ4v) is 6.21. The molecule has 0 amide bonds. The van der Waals surface area contributed by atoms with Gasteiger partial charge < -0.3 is 0 Å². The molecule has 0 heterocycles. The molecule has 2 aromatic rings. The van der Waals surface area contributed by atoms with E-state index in [2.05, 4.69) is 104 Å². The summed E-state index contributed by atoms with van der Waals surface area (Å²) in [5.74, 6) is 3.46. The van der Waals surface area contributed by atoms with Gasteiger partial charge in [0.15, 0.2) is 0 Å². The lowest BCUT2D eigenvalue weighted by molar-refractivity contribution is 0.603. The first kappa shape index (κ1) is 24.1. The highest BCUT2D eigenvalue weighted by atomic mass is 14.3. The Hall–Kier alpha value is -2.08. The summed E-state index contributed by atoms with van der Waals surface area (Å²) < 4.78 is 0. The van der Waals surface area contributed by atoms with Crippen LogP contribution in [0.2, 0.25) is 0 Å². The molecule has 0 nitrogen and oxygen atoms in total. The van der Waals surface area contributed by atoms with Crippen LogP contribution in [0, 0.1) is 0 Å². The smallest absolute Gasteiger partial charge is 0.00301 e. The summed E-state index contributed by atoms with van der Waals surface area (Å²) in [7, 11) is 0. The number of allylic oxidation sites excluding steroid dienone is 2. The second-order valence-electron chi connectivity index (χ2n) is 11.6. The molecule has 33 heavy (non-hydrogen) atoms. The Balaban J connectivity index is 1.54. The van der Waals surface area contributed by atoms with Crippen LogP contribution in [0.25, 0.3) is 12.2 Å². The fourth-order valence-electron chi connectivity index (χ4n) is 6.21. The normalized spacial score (nSPS) is 18.9. The Morgan fingerprint density at radius 2 is 0.848 bits per heavy atom. The van der Waals surface area contributed by atoms with Gasteiger partial charge in [0.25, 0.3) is 0 Å². The summed E-state index contributed by atoms with van der Waals surface area (Å²) in [6.45, 7) is 18.7. The molecule has 2 aliphatic carbocycles. The fraction of sp³-hybridized carbons (Fsp3) is 0.515. The second-order valence-corrected chi connectivity index (χ2v) is 11.6. The Labute approximate surface area is 203 Å². The molecule has 176 valence electrons. The zero-order valence-corrected chi connectivity index (χ0v) is 22.2. The Bertz CT molecular complexity index is 972. The molecule has 0 aromatic heterocycles. The van der Waals surface area contributed by atoms with Crippen LogP contribution in [-0.2, 0) is 0 Å². The molecular formula is C33H44. The first-order chi connectivity index (χ1) is 15.7. The van der Waals surface area contributed by atoms with E-state index in [-0.39, 0.29) is 0 Å². The maximum atomic E-state index is 2.50. The molecule has 0 fully saturated rings. The van der Waals surface area contributed by atoms with Gasteiger partial charge in [-0.3, -0.25) is 0 Å². The summed E-state index contributed by atoms with van der Waals surface area (Å²) in [4.78, 5) is 0. The number of hydrogen-bond acceptors (Lipinski definition) is 0. The van der Waals surface area contributed by atoms with E-state index in [1.165, 1.54) is 41.5 Å². The van der Waals surface area contributed by atoms with E-state index in [0.29, 0.717) is 35.5 Å². The zero-order chi connectivity index (χ0) is 23.9. The van der Waals surface area contributed by atoms with Crippen molar-refractivity contribution in [1.29, 1.82) is 0 Å². The average Bonchev–Trinajstić information content (AvgIpc) is 3.37. The Morgan fingerprint density at radius 1 is 0.515 bits per heavy atom. The first-order valence-electron chi connectivity index (χ1n) is 13.4. The lowest BCUT2D eigenvalue weighted by Crippen LogP contribution is -2.07. The van der Waals surface area contributed by atoms with Gasteiger partial charge in [-0.2, -0.15) is 0 Å². The van der Waals surface area contributed by atoms with Crippen molar-refractivity contribution in [2.24, 2.45) is 0 Å². The number of rotatable bonds is 8. The molecule has 2 atom stereocenters. The van der Waals surface area contributed by atoms with Gasteiger partial charge in [0.2, 0.25) is 0 Å². The number of fused-ring (bicyclic) bond motifs is 2. The van der Waals surface area contributed by atoms with Crippen molar-refractivity contribution in [2.45, 2.75) is 110 Å². The lowest BCUT2D eigenvalue weighted by Gasteiger charge is -2.23. The molecule has 0 spiro atoms. The van der Waals surface area contributed by atoms with E-state index in [1.807, 2.05) is 0 Å². The number of hydrogen-bond donors (Lipinski definition) is 0. The van der Waals surface area contributed by atoms with Gasteiger partial charge in [0.1, 0.15) is 0 Å². The minimum Gasteiger partial charge on any atom is -0.0764 e. The zero-order valence-electron chi connectivity index (χ0n) is 22.2. The van der Waals surface area contributed by atoms with Gasteiger partial charge in [0, 0.05) is 11.8 Å². The van der Waals surface area contributed by atoms with Gasteiger partial charge in [-0.25, -0.2) is 0 Å². The summed E-state index contributed by atoms with van der Waals surface area (Å²) in [5.41, 5.74) is 12.4. The number of benzene rings is 2. The van der Waals surface area contributed by atoms with Crippen molar-refractivity contribution < 1.29 is 0 Å². The van der Waals surface area contributed by atoms with Gasteiger partial charge >= 0.3 is 0 Å². The molecule has 2 aromatic carbocycles. The third-order valence-corrected chi connectivity index (χ3v) is 7.96. The maximum absolute atomic E-state index is 2.50. The molecule has 0 saturated carbocycles. The lowest BCUT2D eigenvalue weighted by atomic mass is 9.81. The highest BCUT2D eigenvalue weighted by molar-refractivity contribution is 5.70. The molecule has 0 N–H and O–H groups in total. The van der Waals surface area contributed by atoms with E-state index in [4.69, 9.17) is 0 Å². The molecule has 0 bridgehead atoms. The van der Waals surface area contributed by atoms with Crippen LogP contribution in [0.5, 0.6) is 0 Å². The van der Waals surface area contributed by atoms with Crippen molar-refractivity contribution in [3.63, 3.8) is 0 Å². The quantitative estimate of drug-likeness (QED) is 0.383. The second kappa shape index (κ2) is 9.65. The molecule has 0 aliphatic heterocycles.